The van der Waals surface area contributed by atoms with E-state index in [9.17, 15) is 0 Å². The van der Waals surface area contributed by atoms with Crippen molar-refractivity contribution in [2.75, 3.05) is 0 Å². The topological polar surface area (TPSA) is 78.3 Å². The fraction of sp³-hybridized carbons (Fsp3) is 0.0435. The predicted octanol–water partition coefficient (Wildman–Crippen LogP) is 4.97. The molecule has 2 aromatic heterocycles. The Morgan fingerprint density at radius 3 is 2.07 bits per heavy atom. The van der Waals surface area contributed by atoms with E-state index in [0.29, 0.717) is 11.1 Å². The fourth-order valence-corrected chi connectivity index (χ4v) is 3.78. The zero-order chi connectivity index (χ0) is 20.1. The van der Waals surface area contributed by atoms with Crippen molar-refractivity contribution >= 4 is 11.8 Å². The zero-order valence-corrected chi connectivity index (χ0v) is 16.2. The molecule has 0 atom stereocenters. The summed E-state index contributed by atoms with van der Waals surface area (Å²) in [6.07, 6.45) is 5.55. The van der Waals surface area contributed by atoms with Gasteiger partial charge in [0.25, 0.3) is 0 Å². The average Bonchev–Trinajstić information content (AvgIpc) is 3.23. The highest BCUT2D eigenvalue weighted by atomic mass is 32.2. The van der Waals surface area contributed by atoms with Crippen molar-refractivity contribution in [2.45, 2.75) is 10.9 Å². The van der Waals surface area contributed by atoms with Gasteiger partial charge in [-0.1, -0.05) is 23.9 Å². The second kappa shape index (κ2) is 8.43. The van der Waals surface area contributed by atoms with Gasteiger partial charge in [0.1, 0.15) is 0 Å². The number of hydrogen-bond acceptors (Lipinski definition) is 5. The van der Waals surface area contributed by atoms with Gasteiger partial charge in [-0.05, 0) is 54.1 Å². The number of rotatable bonds is 5. The first-order chi connectivity index (χ1) is 14.3. The van der Waals surface area contributed by atoms with Crippen LogP contribution in [0.25, 0.3) is 16.9 Å². The third-order valence-electron chi connectivity index (χ3n) is 4.38. The molecule has 4 rings (SSSR count). The third kappa shape index (κ3) is 4.19. The summed E-state index contributed by atoms with van der Waals surface area (Å²) < 4.78 is 2.03. The van der Waals surface area contributed by atoms with E-state index in [0.717, 1.165) is 27.9 Å². The minimum Gasteiger partial charge on any atom is -0.294 e. The van der Waals surface area contributed by atoms with Gasteiger partial charge in [-0.2, -0.15) is 10.5 Å². The monoisotopic (exact) mass is 393 g/mol. The van der Waals surface area contributed by atoms with Gasteiger partial charge in [-0.3, -0.25) is 9.55 Å². The number of benzene rings is 2. The van der Waals surface area contributed by atoms with E-state index in [1.165, 1.54) is 5.56 Å². The maximum absolute atomic E-state index is 9.06. The van der Waals surface area contributed by atoms with Crippen LogP contribution < -0.4 is 0 Å². The maximum atomic E-state index is 9.06. The molecule has 0 aliphatic rings. The van der Waals surface area contributed by atoms with Gasteiger partial charge in [-0.15, -0.1) is 0 Å². The van der Waals surface area contributed by atoms with Gasteiger partial charge < -0.3 is 0 Å². The van der Waals surface area contributed by atoms with Crippen LogP contribution in [0.4, 0.5) is 0 Å². The van der Waals surface area contributed by atoms with E-state index in [1.54, 1.807) is 48.4 Å². The summed E-state index contributed by atoms with van der Waals surface area (Å²) in [6, 6.07) is 23.1. The Kier molecular flexibility index (Phi) is 5.38. The molecule has 0 saturated carbocycles. The number of pyridine rings is 1. The lowest BCUT2D eigenvalue weighted by atomic mass is 10.1. The SMILES string of the molecule is N#Cc1ccc(-c2cn(-c3ccc(C#N)cc3)c(SCc3ccncc3)n2)cc1. The highest BCUT2D eigenvalue weighted by molar-refractivity contribution is 7.98. The number of thioether (sulfide) groups is 1. The normalized spacial score (nSPS) is 10.3. The van der Waals surface area contributed by atoms with E-state index < -0.39 is 0 Å². The van der Waals surface area contributed by atoms with Crippen molar-refractivity contribution in [1.82, 2.24) is 14.5 Å². The summed E-state index contributed by atoms with van der Waals surface area (Å²) >= 11 is 1.63. The number of nitriles is 2. The molecule has 2 aromatic carbocycles. The summed E-state index contributed by atoms with van der Waals surface area (Å²) in [4.78, 5) is 8.89. The predicted molar refractivity (Wildman–Crippen MR) is 112 cm³/mol. The van der Waals surface area contributed by atoms with Gasteiger partial charge in [0, 0.05) is 35.6 Å². The van der Waals surface area contributed by atoms with Gasteiger partial charge >= 0.3 is 0 Å². The van der Waals surface area contributed by atoms with Crippen molar-refractivity contribution < 1.29 is 0 Å². The average molecular weight is 393 g/mol. The molecule has 0 aliphatic carbocycles. The fourth-order valence-electron chi connectivity index (χ4n) is 2.83. The van der Waals surface area contributed by atoms with E-state index >= 15 is 0 Å². The maximum Gasteiger partial charge on any atom is 0.173 e. The zero-order valence-electron chi connectivity index (χ0n) is 15.4. The standard InChI is InChI=1S/C23H15N5S/c24-13-17-1-5-20(6-2-17)22-15-28(21-7-3-18(14-25)4-8-21)23(27-22)29-16-19-9-11-26-12-10-19/h1-12,15H,16H2. The minimum atomic E-state index is 0.618. The van der Waals surface area contributed by atoms with Crippen LogP contribution in [0.3, 0.4) is 0 Å². The van der Waals surface area contributed by atoms with Crippen LogP contribution in [0.15, 0.2) is 84.4 Å². The van der Waals surface area contributed by atoms with Crippen molar-refractivity contribution in [3.05, 3.63) is 95.9 Å². The van der Waals surface area contributed by atoms with Gasteiger partial charge in [0.05, 0.1) is 29.0 Å². The van der Waals surface area contributed by atoms with Gasteiger partial charge in [0.15, 0.2) is 5.16 Å². The van der Waals surface area contributed by atoms with Crippen molar-refractivity contribution in [1.29, 1.82) is 10.5 Å². The molecular weight excluding hydrogens is 378 g/mol. The molecule has 0 aliphatic heterocycles. The molecule has 0 saturated heterocycles. The largest absolute Gasteiger partial charge is 0.294 e. The first kappa shape index (κ1) is 18.5. The Morgan fingerprint density at radius 1 is 0.828 bits per heavy atom. The molecule has 5 nitrogen and oxygen atoms in total. The van der Waals surface area contributed by atoms with Crippen molar-refractivity contribution in [3.8, 4) is 29.1 Å². The van der Waals surface area contributed by atoms with Gasteiger partial charge in [0.2, 0.25) is 0 Å². The molecule has 4 aromatic rings. The molecule has 0 amide bonds. The molecule has 6 heteroatoms. The summed E-state index contributed by atoms with van der Waals surface area (Å²) in [7, 11) is 0. The molecule has 0 unspecified atom stereocenters. The Hall–Kier alpha value is -3.87. The summed E-state index contributed by atoms with van der Waals surface area (Å²) in [5.41, 5.74) is 5.12. The Bertz CT molecular complexity index is 1200. The van der Waals surface area contributed by atoms with Crippen LogP contribution in [0.5, 0.6) is 0 Å². The van der Waals surface area contributed by atoms with Crippen LogP contribution in [-0.2, 0) is 5.75 Å². The lowest BCUT2D eigenvalue weighted by molar-refractivity contribution is 0.895. The molecular formula is C23H15N5S. The van der Waals surface area contributed by atoms with E-state index in [4.69, 9.17) is 15.5 Å². The highest BCUT2D eigenvalue weighted by Crippen LogP contribution is 2.29. The van der Waals surface area contributed by atoms with Crippen molar-refractivity contribution in [2.24, 2.45) is 0 Å². The van der Waals surface area contributed by atoms with Gasteiger partial charge in [-0.25, -0.2) is 4.98 Å². The van der Waals surface area contributed by atoms with Crippen molar-refractivity contribution in [3.63, 3.8) is 0 Å². The summed E-state index contributed by atoms with van der Waals surface area (Å²) in [5.74, 6) is 0.766. The molecule has 0 bridgehead atoms. The smallest absolute Gasteiger partial charge is 0.173 e. The summed E-state index contributed by atoms with van der Waals surface area (Å²) in [6.45, 7) is 0. The number of imidazole rings is 1. The van der Waals surface area contributed by atoms with E-state index in [1.807, 2.05) is 47.2 Å². The minimum absolute atomic E-state index is 0.618. The second-order valence-electron chi connectivity index (χ2n) is 6.27. The molecule has 0 fully saturated rings. The molecule has 0 N–H and O–H groups in total. The van der Waals surface area contributed by atoms with E-state index in [2.05, 4.69) is 17.1 Å². The number of hydrogen-bond donors (Lipinski definition) is 0. The molecule has 29 heavy (non-hydrogen) atoms. The van der Waals surface area contributed by atoms with Crippen LogP contribution in [0.1, 0.15) is 16.7 Å². The number of nitrogens with zero attached hydrogens (tertiary/aromatic N) is 5. The van der Waals surface area contributed by atoms with Crippen LogP contribution in [-0.4, -0.2) is 14.5 Å². The first-order valence-electron chi connectivity index (χ1n) is 8.89. The molecule has 0 spiro atoms. The van der Waals surface area contributed by atoms with Crippen LogP contribution in [0, 0.1) is 22.7 Å². The Labute approximate surface area is 172 Å². The third-order valence-corrected chi connectivity index (χ3v) is 5.40. The molecule has 138 valence electrons. The van der Waals surface area contributed by atoms with Crippen LogP contribution >= 0.6 is 11.8 Å². The lowest BCUT2D eigenvalue weighted by Gasteiger charge is -2.07. The molecule has 2 heterocycles. The second-order valence-corrected chi connectivity index (χ2v) is 7.21. The van der Waals surface area contributed by atoms with Crippen LogP contribution in [0.2, 0.25) is 0 Å². The Morgan fingerprint density at radius 2 is 1.45 bits per heavy atom. The Balaban J connectivity index is 1.70. The quantitative estimate of drug-likeness (QED) is 0.447. The lowest BCUT2D eigenvalue weighted by Crippen LogP contribution is -1.95. The highest BCUT2D eigenvalue weighted by Gasteiger charge is 2.12. The first-order valence-corrected chi connectivity index (χ1v) is 9.87. The molecule has 0 radical (unpaired) electrons. The van der Waals surface area contributed by atoms with E-state index in [-0.39, 0.29) is 0 Å². The number of aromatic nitrogens is 3. The summed E-state index contributed by atoms with van der Waals surface area (Å²) in [5, 5.41) is 18.9.